The van der Waals surface area contributed by atoms with Crippen LogP contribution in [0.1, 0.15) is 35.4 Å². The molecule has 2 atom stereocenters. The second-order valence-corrected chi connectivity index (χ2v) is 8.79. The first-order chi connectivity index (χ1) is 15.2. The quantitative estimate of drug-likeness (QED) is 0.321. The van der Waals surface area contributed by atoms with Crippen molar-refractivity contribution in [1.82, 2.24) is 5.01 Å². The summed E-state index contributed by atoms with van der Waals surface area (Å²) in [6.07, 6.45) is 0.466. The largest absolute Gasteiger partial charge is 0.464 e. The van der Waals surface area contributed by atoms with Crippen molar-refractivity contribution in [3.63, 3.8) is 0 Å². The smallest absolute Gasteiger partial charge is 0.213 e. The summed E-state index contributed by atoms with van der Waals surface area (Å²) < 4.78 is 6.40. The van der Waals surface area contributed by atoms with Gasteiger partial charge in [0.05, 0.1) is 11.8 Å². The van der Waals surface area contributed by atoms with Crippen LogP contribution in [0.3, 0.4) is 0 Å². The van der Waals surface area contributed by atoms with Crippen LogP contribution in [0.2, 0.25) is 10.0 Å². The van der Waals surface area contributed by atoms with Gasteiger partial charge in [-0.2, -0.15) is 5.10 Å². The molecule has 0 radical (unpaired) electrons. The molecular weight excluding hydrogens is 427 g/mol. The molecular formula is C26H18Cl2N2O. The maximum atomic E-state index is 6.40. The Morgan fingerprint density at radius 1 is 0.806 bits per heavy atom. The first kappa shape index (κ1) is 18.7. The Morgan fingerprint density at radius 2 is 1.58 bits per heavy atom. The van der Waals surface area contributed by atoms with Gasteiger partial charge in [0.15, 0.2) is 0 Å². The van der Waals surface area contributed by atoms with E-state index in [0.717, 1.165) is 34.6 Å². The van der Waals surface area contributed by atoms with Crippen LogP contribution >= 0.6 is 23.2 Å². The number of benzene rings is 4. The average molecular weight is 445 g/mol. The zero-order valence-electron chi connectivity index (χ0n) is 16.5. The average Bonchev–Trinajstić information content (AvgIpc) is 3.25. The number of nitrogens with zero attached hydrogens (tertiary/aromatic N) is 2. The van der Waals surface area contributed by atoms with Crippen LogP contribution in [0.25, 0.3) is 10.8 Å². The monoisotopic (exact) mass is 444 g/mol. The van der Waals surface area contributed by atoms with Crippen molar-refractivity contribution < 1.29 is 4.74 Å². The second kappa shape index (κ2) is 7.30. The van der Waals surface area contributed by atoms with Crippen LogP contribution in [0, 0.1) is 0 Å². The Labute approximate surface area is 190 Å². The maximum Gasteiger partial charge on any atom is 0.213 e. The van der Waals surface area contributed by atoms with Crippen LogP contribution in [0.4, 0.5) is 0 Å². The van der Waals surface area contributed by atoms with E-state index in [-0.39, 0.29) is 12.3 Å². The molecule has 0 aliphatic carbocycles. The van der Waals surface area contributed by atoms with Crippen molar-refractivity contribution in [2.75, 3.05) is 0 Å². The third-order valence-corrected chi connectivity index (χ3v) is 6.48. The molecule has 31 heavy (non-hydrogen) atoms. The van der Waals surface area contributed by atoms with E-state index in [1.165, 1.54) is 10.8 Å². The van der Waals surface area contributed by atoms with Gasteiger partial charge in [-0.15, -0.1) is 0 Å². The van der Waals surface area contributed by atoms with E-state index in [1.54, 1.807) is 0 Å². The van der Waals surface area contributed by atoms with Gasteiger partial charge in [-0.25, -0.2) is 5.01 Å². The van der Waals surface area contributed by atoms with Gasteiger partial charge in [0.2, 0.25) is 6.23 Å². The number of fused-ring (bicyclic) bond motifs is 4. The zero-order chi connectivity index (χ0) is 20.9. The van der Waals surface area contributed by atoms with E-state index in [9.17, 15) is 0 Å². The molecule has 0 saturated heterocycles. The van der Waals surface area contributed by atoms with E-state index >= 15 is 0 Å². The molecule has 3 nitrogen and oxygen atoms in total. The highest BCUT2D eigenvalue weighted by molar-refractivity contribution is 6.31. The summed E-state index contributed by atoms with van der Waals surface area (Å²) in [4.78, 5) is 0. The lowest BCUT2D eigenvalue weighted by Gasteiger charge is -2.38. The summed E-state index contributed by atoms with van der Waals surface area (Å²) in [5.74, 6) is 0.848. The van der Waals surface area contributed by atoms with Crippen molar-refractivity contribution >= 4 is 39.7 Å². The van der Waals surface area contributed by atoms with Gasteiger partial charge in [0, 0.05) is 27.6 Å². The third-order valence-electron chi connectivity index (χ3n) is 5.99. The molecule has 0 unspecified atom stereocenters. The van der Waals surface area contributed by atoms with Gasteiger partial charge in [0.1, 0.15) is 5.75 Å². The standard InChI is InChI=1S/C26H18Cl2N2O/c27-20-9-7-17(8-10-20)26-30-24(22-14-21(28)11-12-25(22)31-26)15-23(29-30)19-6-5-16-3-1-2-4-18(16)13-19/h1-14,24,26H,15H2/t24-,26+/m0/s1. The Bertz CT molecular complexity index is 1330. The summed E-state index contributed by atoms with van der Waals surface area (Å²) in [6, 6.07) is 28.5. The van der Waals surface area contributed by atoms with E-state index in [1.807, 2.05) is 42.5 Å². The summed E-state index contributed by atoms with van der Waals surface area (Å²) in [7, 11) is 0. The molecule has 6 rings (SSSR count). The number of halogens is 2. The van der Waals surface area contributed by atoms with Gasteiger partial charge in [-0.05, 0) is 52.7 Å². The van der Waals surface area contributed by atoms with Crippen molar-refractivity contribution in [3.05, 3.63) is 112 Å². The SMILES string of the molecule is Clc1ccc([C@H]2Oc3ccc(Cl)cc3[C@@H]3CC(c4ccc5ccccc5c4)=NN23)cc1. The lowest BCUT2D eigenvalue weighted by molar-refractivity contribution is -0.0190. The van der Waals surface area contributed by atoms with Gasteiger partial charge < -0.3 is 4.74 Å². The number of hydrogen-bond donors (Lipinski definition) is 0. The molecule has 0 bridgehead atoms. The van der Waals surface area contributed by atoms with E-state index < -0.39 is 0 Å². The lowest BCUT2D eigenvalue weighted by Crippen LogP contribution is -2.33. The summed E-state index contributed by atoms with van der Waals surface area (Å²) >= 11 is 12.4. The molecule has 0 spiro atoms. The molecule has 0 fully saturated rings. The Hall–Kier alpha value is -3.01. The fraction of sp³-hybridized carbons (Fsp3) is 0.115. The topological polar surface area (TPSA) is 24.8 Å². The van der Waals surface area contributed by atoms with Crippen LogP contribution < -0.4 is 4.74 Å². The van der Waals surface area contributed by atoms with Crippen molar-refractivity contribution in [2.24, 2.45) is 5.10 Å². The highest BCUT2D eigenvalue weighted by Gasteiger charge is 2.41. The van der Waals surface area contributed by atoms with E-state index in [0.29, 0.717) is 10.0 Å². The molecule has 2 aliphatic heterocycles. The van der Waals surface area contributed by atoms with Crippen molar-refractivity contribution in [1.29, 1.82) is 0 Å². The minimum atomic E-state index is -0.325. The molecule has 152 valence electrons. The van der Waals surface area contributed by atoms with Gasteiger partial charge in [-0.1, -0.05) is 71.7 Å². The van der Waals surface area contributed by atoms with E-state index in [4.69, 9.17) is 33.0 Å². The third kappa shape index (κ3) is 3.25. The number of rotatable bonds is 2. The Balaban J connectivity index is 1.45. The Morgan fingerprint density at radius 3 is 2.42 bits per heavy atom. The minimum absolute atomic E-state index is 0.0598. The van der Waals surface area contributed by atoms with Gasteiger partial charge in [-0.3, -0.25) is 0 Å². The molecule has 2 aliphatic rings. The van der Waals surface area contributed by atoms with Gasteiger partial charge in [0.25, 0.3) is 0 Å². The summed E-state index contributed by atoms with van der Waals surface area (Å²) in [5.41, 5.74) is 4.26. The van der Waals surface area contributed by atoms with Crippen LogP contribution in [-0.2, 0) is 0 Å². The first-order valence-corrected chi connectivity index (χ1v) is 11.0. The number of ether oxygens (including phenoxy) is 1. The number of hydrogen-bond acceptors (Lipinski definition) is 3. The highest BCUT2D eigenvalue weighted by Crippen LogP contribution is 2.48. The lowest BCUT2D eigenvalue weighted by atomic mass is 9.95. The number of hydrazone groups is 1. The predicted molar refractivity (Wildman–Crippen MR) is 126 cm³/mol. The molecule has 0 aromatic heterocycles. The van der Waals surface area contributed by atoms with Crippen molar-refractivity contribution in [2.45, 2.75) is 18.7 Å². The fourth-order valence-electron chi connectivity index (χ4n) is 4.45. The minimum Gasteiger partial charge on any atom is -0.464 e. The normalized spacial score (nSPS) is 19.5. The van der Waals surface area contributed by atoms with Crippen molar-refractivity contribution in [3.8, 4) is 5.75 Å². The van der Waals surface area contributed by atoms with Crippen LogP contribution in [-0.4, -0.2) is 10.7 Å². The molecule has 4 aromatic rings. The zero-order valence-corrected chi connectivity index (χ0v) is 18.0. The molecule has 2 heterocycles. The first-order valence-electron chi connectivity index (χ1n) is 10.2. The summed E-state index contributed by atoms with van der Waals surface area (Å²) in [6.45, 7) is 0. The predicted octanol–water partition coefficient (Wildman–Crippen LogP) is 7.39. The summed E-state index contributed by atoms with van der Waals surface area (Å²) in [5, 5.41) is 10.9. The Kier molecular flexibility index (Phi) is 4.41. The molecule has 0 amide bonds. The van der Waals surface area contributed by atoms with Crippen LogP contribution in [0.5, 0.6) is 5.75 Å². The highest BCUT2D eigenvalue weighted by atomic mass is 35.5. The molecule has 0 N–H and O–H groups in total. The maximum absolute atomic E-state index is 6.40. The molecule has 4 aromatic carbocycles. The van der Waals surface area contributed by atoms with Gasteiger partial charge >= 0.3 is 0 Å². The molecule has 5 heteroatoms. The van der Waals surface area contributed by atoms with E-state index in [2.05, 4.69) is 47.5 Å². The second-order valence-electron chi connectivity index (χ2n) is 7.91. The fourth-order valence-corrected chi connectivity index (χ4v) is 4.76. The molecule has 0 saturated carbocycles. The van der Waals surface area contributed by atoms with Crippen LogP contribution in [0.15, 0.2) is 90.0 Å².